The van der Waals surface area contributed by atoms with Crippen molar-refractivity contribution >= 4 is 50.3 Å². The van der Waals surface area contributed by atoms with Crippen molar-refractivity contribution in [2.75, 3.05) is 10.6 Å². The molecule has 1 aliphatic rings. The molecular formula is C20H16ClF3N2OS. The molecule has 1 amide bonds. The first kappa shape index (κ1) is 19.1. The van der Waals surface area contributed by atoms with Crippen molar-refractivity contribution in [2.45, 2.75) is 25.6 Å². The molecule has 146 valence electrons. The Kier molecular flexibility index (Phi) is 4.97. The maximum absolute atomic E-state index is 13.5. The van der Waals surface area contributed by atoms with Crippen LogP contribution < -0.4 is 10.6 Å². The van der Waals surface area contributed by atoms with Crippen molar-refractivity contribution in [3.05, 3.63) is 57.9 Å². The van der Waals surface area contributed by atoms with Gasteiger partial charge in [-0.1, -0.05) is 29.8 Å². The zero-order valence-electron chi connectivity index (χ0n) is 14.6. The summed E-state index contributed by atoms with van der Waals surface area (Å²) in [6, 6.07) is 11.4. The Morgan fingerprint density at radius 1 is 1.18 bits per heavy atom. The molecule has 0 unspecified atom stereocenters. The summed E-state index contributed by atoms with van der Waals surface area (Å²) in [6.07, 6.45) is -2.98. The summed E-state index contributed by atoms with van der Waals surface area (Å²) in [7, 11) is 0. The van der Waals surface area contributed by atoms with Crippen LogP contribution in [0, 0.1) is 5.92 Å². The molecule has 3 nitrogen and oxygen atoms in total. The lowest BCUT2D eigenvalue weighted by Gasteiger charge is -2.16. The van der Waals surface area contributed by atoms with Crippen LogP contribution in [-0.4, -0.2) is 5.91 Å². The predicted octanol–water partition coefficient (Wildman–Crippen LogP) is 6.53. The molecule has 28 heavy (non-hydrogen) atoms. The topological polar surface area (TPSA) is 41.1 Å². The molecule has 0 aliphatic heterocycles. The molecule has 1 aromatic heterocycles. The Labute approximate surface area is 168 Å². The summed E-state index contributed by atoms with van der Waals surface area (Å²) in [5.41, 5.74) is -0.724. The molecule has 2 aromatic carbocycles. The number of carbonyl (C=O) groups is 1. The molecule has 0 saturated heterocycles. The number of nitrogens with one attached hydrogen (secondary N) is 2. The number of hydrogen-bond acceptors (Lipinski definition) is 3. The average molecular weight is 425 g/mol. The van der Waals surface area contributed by atoms with Crippen molar-refractivity contribution in [3.63, 3.8) is 0 Å². The zero-order valence-corrected chi connectivity index (χ0v) is 16.1. The fourth-order valence-corrected chi connectivity index (χ4v) is 4.39. The van der Waals surface area contributed by atoms with Gasteiger partial charge in [0.25, 0.3) is 0 Å². The lowest BCUT2D eigenvalue weighted by molar-refractivity contribution is -0.137. The third-order valence-electron chi connectivity index (χ3n) is 4.58. The van der Waals surface area contributed by atoms with Crippen LogP contribution >= 0.6 is 22.9 Å². The van der Waals surface area contributed by atoms with Crippen LogP contribution in [0.3, 0.4) is 0 Å². The number of fused-ring (bicyclic) bond motifs is 1. The van der Waals surface area contributed by atoms with E-state index in [2.05, 4.69) is 10.6 Å². The van der Waals surface area contributed by atoms with Crippen LogP contribution in [0.15, 0.2) is 42.5 Å². The van der Waals surface area contributed by atoms with E-state index in [9.17, 15) is 18.0 Å². The molecule has 4 rings (SSSR count). The van der Waals surface area contributed by atoms with Crippen LogP contribution in [0.2, 0.25) is 5.02 Å². The van der Waals surface area contributed by atoms with Crippen LogP contribution in [0.5, 0.6) is 0 Å². The van der Waals surface area contributed by atoms with Gasteiger partial charge in [-0.3, -0.25) is 4.79 Å². The first-order valence-electron chi connectivity index (χ1n) is 8.75. The SMILES string of the molecule is O=C(Nc1ccc(NCc2sc3ccccc3c2Cl)c(C(F)(F)F)c1)C1CC1. The van der Waals surface area contributed by atoms with E-state index in [1.54, 1.807) is 0 Å². The number of thiophene rings is 1. The van der Waals surface area contributed by atoms with E-state index in [1.165, 1.54) is 23.5 Å². The van der Waals surface area contributed by atoms with Crippen molar-refractivity contribution in [1.82, 2.24) is 0 Å². The van der Waals surface area contributed by atoms with Gasteiger partial charge in [0.05, 0.1) is 17.1 Å². The highest BCUT2D eigenvalue weighted by Crippen LogP contribution is 2.39. The molecule has 8 heteroatoms. The number of amides is 1. The van der Waals surface area contributed by atoms with E-state index in [4.69, 9.17) is 11.6 Å². The fraction of sp³-hybridized carbons (Fsp3) is 0.250. The molecule has 0 bridgehead atoms. The minimum Gasteiger partial charge on any atom is -0.380 e. The lowest BCUT2D eigenvalue weighted by Crippen LogP contribution is -2.15. The standard InChI is InChI=1S/C20H16ClF3N2OS/c21-18-13-3-1-2-4-16(13)28-17(18)10-25-15-8-7-12(9-14(15)20(22,23)24)26-19(27)11-5-6-11/h1-4,7-9,11,25H,5-6,10H2,(H,26,27). The van der Waals surface area contributed by atoms with Gasteiger partial charge in [0.2, 0.25) is 5.91 Å². The summed E-state index contributed by atoms with van der Waals surface area (Å²) in [5.74, 6) is -0.312. The molecule has 3 aromatic rings. The third-order valence-corrected chi connectivity index (χ3v) is 6.30. The Balaban J connectivity index is 1.57. The number of benzene rings is 2. The van der Waals surface area contributed by atoms with Gasteiger partial charge >= 0.3 is 6.18 Å². The van der Waals surface area contributed by atoms with Gasteiger partial charge in [-0.15, -0.1) is 11.3 Å². The Bertz CT molecular complexity index is 1040. The second-order valence-electron chi connectivity index (χ2n) is 6.71. The highest BCUT2D eigenvalue weighted by Gasteiger charge is 2.35. The third kappa shape index (κ3) is 3.95. The van der Waals surface area contributed by atoms with Gasteiger partial charge in [-0.2, -0.15) is 13.2 Å². The summed E-state index contributed by atoms with van der Waals surface area (Å²) in [5, 5.41) is 6.85. The second kappa shape index (κ2) is 7.29. The van der Waals surface area contributed by atoms with Crippen LogP contribution in [0.4, 0.5) is 24.5 Å². The summed E-state index contributed by atoms with van der Waals surface area (Å²) in [6.45, 7) is 0.176. The predicted molar refractivity (Wildman–Crippen MR) is 107 cm³/mol. The van der Waals surface area contributed by atoms with E-state index in [-0.39, 0.29) is 29.7 Å². The summed E-state index contributed by atoms with van der Waals surface area (Å²) < 4.78 is 41.6. The van der Waals surface area contributed by atoms with E-state index in [0.717, 1.165) is 33.9 Å². The van der Waals surface area contributed by atoms with E-state index in [1.807, 2.05) is 24.3 Å². The van der Waals surface area contributed by atoms with Crippen molar-refractivity contribution < 1.29 is 18.0 Å². The molecule has 1 fully saturated rings. The summed E-state index contributed by atoms with van der Waals surface area (Å²) in [4.78, 5) is 12.6. The van der Waals surface area contributed by atoms with Gasteiger partial charge in [0.15, 0.2) is 0 Å². The highest BCUT2D eigenvalue weighted by atomic mass is 35.5. The Hall–Kier alpha value is -2.25. The van der Waals surface area contributed by atoms with Crippen LogP contribution in [0.1, 0.15) is 23.3 Å². The molecule has 0 atom stereocenters. The van der Waals surface area contributed by atoms with E-state index < -0.39 is 11.7 Å². The minimum absolute atomic E-state index is 0.0505. The Morgan fingerprint density at radius 2 is 1.93 bits per heavy atom. The second-order valence-corrected chi connectivity index (χ2v) is 8.23. The largest absolute Gasteiger partial charge is 0.418 e. The van der Waals surface area contributed by atoms with Crippen LogP contribution in [0.25, 0.3) is 10.1 Å². The lowest BCUT2D eigenvalue weighted by atomic mass is 10.1. The first-order chi connectivity index (χ1) is 13.3. The number of halogens is 4. The van der Waals surface area contributed by atoms with Gasteiger partial charge in [-0.05, 0) is 37.1 Å². The monoisotopic (exact) mass is 424 g/mol. The minimum atomic E-state index is -4.55. The van der Waals surface area contributed by atoms with Gasteiger partial charge in [0.1, 0.15) is 0 Å². The summed E-state index contributed by atoms with van der Waals surface area (Å²) >= 11 is 7.82. The molecule has 1 saturated carbocycles. The molecular weight excluding hydrogens is 409 g/mol. The fourth-order valence-electron chi connectivity index (χ4n) is 2.95. The number of hydrogen-bond donors (Lipinski definition) is 2. The average Bonchev–Trinajstić information content (AvgIpc) is 3.45. The zero-order chi connectivity index (χ0) is 19.9. The first-order valence-corrected chi connectivity index (χ1v) is 9.94. The van der Waals surface area contributed by atoms with Crippen molar-refractivity contribution in [3.8, 4) is 0 Å². The van der Waals surface area contributed by atoms with Crippen molar-refractivity contribution in [1.29, 1.82) is 0 Å². The number of rotatable bonds is 5. The molecule has 0 spiro atoms. The molecule has 1 heterocycles. The normalized spacial score (nSPS) is 14.3. The smallest absolute Gasteiger partial charge is 0.380 e. The number of alkyl halides is 3. The van der Waals surface area contributed by atoms with E-state index in [0.29, 0.717) is 5.02 Å². The Morgan fingerprint density at radius 3 is 2.61 bits per heavy atom. The quantitative estimate of drug-likeness (QED) is 0.488. The molecule has 1 aliphatic carbocycles. The van der Waals surface area contributed by atoms with Gasteiger partial charge < -0.3 is 10.6 Å². The number of anilines is 2. The van der Waals surface area contributed by atoms with Crippen molar-refractivity contribution in [2.24, 2.45) is 5.92 Å². The molecule has 2 N–H and O–H groups in total. The maximum Gasteiger partial charge on any atom is 0.418 e. The van der Waals surface area contributed by atoms with Gasteiger partial charge in [0, 0.05) is 32.3 Å². The van der Waals surface area contributed by atoms with E-state index >= 15 is 0 Å². The van der Waals surface area contributed by atoms with Crippen LogP contribution in [-0.2, 0) is 17.5 Å². The maximum atomic E-state index is 13.5. The number of carbonyl (C=O) groups excluding carboxylic acids is 1. The highest BCUT2D eigenvalue weighted by molar-refractivity contribution is 7.19. The molecule has 0 radical (unpaired) electrons. The van der Waals surface area contributed by atoms with Gasteiger partial charge in [-0.25, -0.2) is 0 Å².